The second kappa shape index (κ2) is 7.85. The van der Waals surface area contributed by atoms with Gasteiger partial charge in [-0.2, -0.15) is 0 Å². The van der Waals surface area contributed by atoms with E-state index in [1.54, 1.807) is 18.3 Å². The lowest BCUT2D eigenvalue weighted by atomic mass is 10.0. The second-order valence-electron chi connectivity index (χ2n) is 5.98. The smallest absolute Gasteiger partial charge is 0.115 e. The molecule has 2 aromatic carbocycles. The van der Waals surface area contributed by atoms with Gasteiger partial charge in [0.2, 0.25) is 0 Å². The molecule has 0 bridgehead atoms. The molecule has 4 N–H and O–H groups in total. The molecule has 0 aliphatic rings. The van der Waals surface area contributed by atoms with Gasteiger partial charge in [0.1, 0.15) is 5.75 Å². The summed E-state index contributed by atoms with van der Waals surface area (Å²) in [7, 11) is 0. The summed E-state index contributed by atoms with van der Waals surface area (Å²) in [5.74, 6) is 0.266. The summed E-state index contributed by atoms with van der Waals surface area (Å²) >= 11 is 0. The Morgan fingerprint density at radius 2 is 1.92 bits per heavy atom. The molecule has 5 nitrogen and oxygen atoms in total. The van der Waals surface area contributed by atoms with Crippen molar-refractivity contribution < 1.29 is 9.84 Å². The van der Waals surface area contributed by atoms with Crippen LogP contribution in [0.15, 0.2) is 54.7 Å². The highest BCUT2D eigenvalue weighted by molar-refractivity contribution is 5.96. The number of aromatic hydroxyl groups is 1. The maximum atomic E-state index is 9.46. The molecule has 0 aliphatic heterocycles. The molecule has 0 unspecified atom stereocenters. The van der Waals surface area contributed by atoms with E-state index >= 15 is 0 Å². The lowest BCUT2D eigenvalue weighted by molar-refractivity contribution is 0.137. The minimum atomic E-state index is 0.0533. The molecule has 1 atom stereocenters. The largest absolute Gasteiger partial charge is 0.508 e. The van der Waals surface area contributed by atoms with Gasteiger partial charge in [-0.3, -0.25) is 4.98 Å². The molecule has 0 fully saturated rings. The highest BCUT2D eigenvalue weighted by atomic mass is 16.5. The van der Waals surface area contributed by atoms with E-state index in [0.29, 0.717) is 18.9 Å². The number of phenols is 1. The fourth-order valence-corrected chi connectivity index (χ4v) is 2.85. The molecule has 130 valence electrons. The van der Waals surface area contributed by atoms with Gasteiger partial charge in [-0.1, -0.05) is 30.3 Å². The molecule has 0 saturated heterocycles. The van der Waals surface area contributed by atoms with Gasteiger partial charge in [-0.15, -0.1) is 0 Å². The van der Waals surface area contributed by atoms with Crippen LogP contribution in [-0.2, 0) is 11.2 Å². The molecular formula is C20H23N3O2. The first-order chi connectivity index (χ1) is 12.2. The molecule has 1 aromatic heterocycles. The number of benzene rings is 2. The zero-order valence-electron chi connectivity index (χ0n) is 14.3. The zero-order valence-corrected chi connectivity index (χ0v) is 14.3. The number of hydrogen-bond acceptors (Lipinski definition) is 5. The molecule has 0 aliphatic carbocycles. The second-order valence-corrected chi connectivity index (χ2v) is 5.98. The van der Waals surface area contributed by atoms with E-state index in [2.05, 4.69) is 10.3 Å². The monoisotopic (exact) mass is 337 g/mol. The van der Waals surface area contributed by atoms with Crippen LogP contribution in [0.5, 0.6) is 5.75 Å². The fourth-order valence-electron chi connectivity index (χ4n) is 2.85. The number of pyridine rings is 1. The number of phenolic OH excluding ortho intramolecular Hbond substituents is 1. The van der Waals surface area contributed by atoms with Crippen LogP contribution in [0, 0.1) is 0 Å². The highest BCUT2D eigenvalue weighted by Crippen LogP contribution is 2.28. The van der Waals surface area contributed by atoms with E-state index in [-0.39, 0.29) is 11.8 Å². The van der Waals surface area contributed by atoms with E-state index in [9.17, 15) is 5.11 Å². The predicted octanol–water partition coefficient (Wildman–Crippen LogP) is 3.58. The third-order valence-corrected chi connectivity index (χ3v) is 4.09. The van der Waals surface area contributed by atoms with Crippen molar-refractivity contribution in [1.29, 1.82) is 0 Å². The van der Waals surface area contributed by atoms with Gasteiger partial charge in [-0.25, -0.2) is 0 Å². The van der Waals surface area contributed by atoms with Gasteiger partial charge in [0.05, 0.1) is 35.7 Å². The number of nitrogens with zero attached hydrogens (tertiary/aromatic N) is 1. The number of fused-ring (bicyclic) bond motifs is 1. The number of nitrogens with one attached hydrogen (secondary N) is 1. The van der Waals surface area contributed by atoms with Crippen molar-refractivity contribution >= 4 is 22.3 Å². The molecule has 0 saturated carbocycles. The van der Waals surface area contributed by atoms with Crippen molar-refractivity contribution in [2.75, 3.05) is 24.3 Å². The van der Waals surface area contributed by atoms with Crippen molar-refractivity contribution in [3.8, 4) is 5.75 Å². The molecule has 0 radical (unpaired) electrons. The first-order valence-corrected chi connectivity index (χ1v) is 8.42. The van der Waals surface area contributed by atoms with Crippen LogP contribution in [0.1, 0.15) is 12.5 Å². The van der Waals surface area contributed by atoms with E-state index in [4.69, 9.17) is 10.5 Å². The average molecular weight is 337 g/mol. The molecule has 1 heterocycles. The third-order valence-electron chi connectivity index (χ3n) is 4.09. The summed E-state index contributed by atoms with van der Waals surface area (Å²) in [4.78, 5) is 4.38. The quantitative estimate of drug-likeness (QED) is 0.614. The minimum absolute atomic E-state index is 0.0533. The number of nitrogens with two attached hydrogens (primary N) is 1. The Labute approximate surface area is 147 Å². The van der Waals surface area contributed by atoms with E-state index in [1.807, 2.05) is 43.3 Å². The zero-order chi connectivity index (χ0) is 17.6. The molecular weight excluding hydrogens is 314 g/mol. The number of aromatic nitrogens is 1. The standard InChI is InChI=1S/C20H23N3O2/c1-2-25-13-15(11-14-7-9-16(24)10-8-14)23-20-17-5-3-4-6-19(17)22-12-18(20)21/h3-10,12,15,24H,2,11,13,21H2,1H3,(H,22,23)/t15-/m0/s1. The van der Waals surface area contributed by atoms with Crippen LogP contribution in [0.4, 0.5) is 11.4 Å². The number of nitrogen functional groups attached to an aromatic ring is 1. The molecule has 3 aromatic rings. The van der Waals surface area contributed by atoms with Crippen molar-refractivity contribution in [3.63, 3.8) is 0 Å². The van der Waals surface area contributed by atoms with Crippen molar-refractivity contribution in [3.05, 3.63) is 60.3 Å². The van der Waals surface area contributed by atoms with E-state index in [0.717, 1.165) is 28.6 Å². The van der Waals surface area contributed by atoms with Gasteiger partial charge in [0.15, 0.2) is 0 Å². The summed E-state index contributed by atoms with van der Waals surface area (Å²) in [5.41, 5.74) is 9.70. The maximum Gasteiger partial charge on any atom is 0.115 e. The van der Waals surface area contributed by atoms with Crippen molar-refractivity contribution in [2.45, 2.75) is 19.4 Å². The van der Waals surface area contributed by atoms with Crippen molar-refractivity contribution in [2.24, 2.45) is 0 Å². The topological polar surface area (TPSA) is 80.4 Å². The van der Waals surface area contributed by atoms with Gasteiger partial charge < -0.3 is 20.9 Å². The summed E-state index contributed by atoms with van der Waals surface area (Å²) < 4.78 is 5.65. The SMILES string of the molecule is CCOC[C@H](Cc1ccc(O)cc1)Nc1c(N)cnc2ccccc12. The van der Waals surface area contributed by atoms with E-state index < -0.39 is 0 Å². The Balaban J connectivity index is 1.87. The van der Waals surface area contributed by atoms with Crippen LogP contribution >= 0.6 is 0 Å². The average Bonchev–Trinajstić information content (AvgIpc) is 2.63. The van der Waals surface area contributed by atoms with Crippen LogP contribution in [0.25, 0.3) is 10.9 Å². The Kier molecular flexibility index (Phi) is 5.36. The van der Waals surface area contributed by atoms with Crippen LogP contribution in [0.2, 0.25) is 0 Å². The molecule has 25 heavy (non-hydrogen) atoms. The fraction of sp³-hybridized carbons (Fsp3) is 0.250. The lowest BCUT2D eigenvalue weighted by Gasteiger charge is -2.22. The first kappa shape index (κ1) is 17.0. The highest BCUT2D eigenvalue weighted by Gasteiger charge is 2.14. The Bertz CT molecular complexity index is 834. The normalized spacial score (nSPS) is 12.2. The summed E-state index contributed by atoms with van der Waals surface area (Å²) in [5, 5.41) is 14.0. The van der Waals surface area contributed by atoms with E-state index in [1.165, 1.54) is 0 Å². The number of anilines is 2. The van der Waals surface area contributed by atoms with Gasteiger partial charge >= 0.3 is 0 Å². The lowest BCUT2D eigenvalue weighted by Crippen LogP contribution is -2.28. The van der Waals surface area contributed by atoms with Gasteiger partial charge in [0, 0.05) is 12.0 Å². The third kappa shape index (κ3) is 4.19. The Morgan fingerprint density at radius 1 is 1.16 bits per heavy atom. The van der Waals surface area contributed by atoms with Gasteiger partial charge in [0.25, 0.3) is 0 Å². The minimum Gasteiger partial charge on any atom is -0.508 e. The van der Waals surface area contributed by atoms with Crippen LogP contribution < -0.4 is 11.1 Å². The summed E-state index contributed by atoms with van der Waals surface area (Å²) in [6.45, 7) is 3.20. The Morgan fingerprint density at radius 3 is 2.68 bits per heavy atom. The molecule has 0 spiro atoms. The van der Waals surface area contributed by atoms with Crippen LogP contribution in [-0.4, -0.2) is 29.3 Å². The molecule has 3 rings (SSSR count). The molecule has 0 amide bonds. The predicted molar refractivity (Wildman–Crippen MR) is 102 cm³/mol. The molecule has 5 heteroatoms. The van der Waals surface area contributed by atoms with Gasteiger partial charge in [-0.05, 0) is 37.1 Å². The Hall–Kier alpha value is -2.79. The number of rotatable bonds is 7. The maximum absolute atomic E-state index is 9.46. The first-order valence-electron chi connectivity index (χ1n) is 8.42. The summed E-state index contributed by atoms with van der Waals surface area (Å²) in [6.07, 6.45) is 2.44. The number of para-hydroxylation sites is 1. The van der Waals surface area contributed by atoms with Crippen molar-refractivity contribution in [1.82, 2.24) is 4.98 Å². The summed E-state index contributed by atoms with van der Waals surface area (Å²) in [6, 6.07) is 15.2. The van der Waals surface area contributed by atoms with Crippen LogP contribution in [0.3, 0.4) is 0 Å². The number of hydrogen-bond donors (Lipinski definition) is 3. The number of ether oxygens (including phenoxy) is 1.